The Morgan fingerprint density at radius 1 is 0.828 bits per heavy atom. The van der Waals surface area contributed by atoms with Crippen molar-refractivity contribution >= 4 is 43.3 Å². The molecule has 58 heavy (non-hydrogen) atoms. The van der Waals surface area contributed by atoms with Crippen molar-refractivity contribution in [2.75, 3.05) is 84.6 Å². The second-order valence-electron chi connectivity index (χ2n) is 14.8. The fourth-order valence-electron chi connectivity index (χ4n) is 7.48. The van der Waals surface area contributed by atoms with E-state index < -0.39 is 37.0 Å². The van der Waals surface area contributed by atoms with Crippen LogP contribution in [0, 0.1) is 0 Å². The molecular weight excluding hydrogens is 793 g/mol. The zero-order valence-corrected chi connectivity index (χ0v) is 35.7. The normalized spacial score (nSPS) is 18.5. The van der Waals surface area contributed by atoms with E-state index in [4.69, 9.17) is 23.7 Å². The lowest BCUT2D eigenvalue weighted by molar-refractivity contribution is -0.438. The molecule has 0 saturated carbocycles. The van der Waals surface area contributed by atoms with Crippen molar-refractivity contribution in [2.24, 2.45) is 0 Å². The summed E-state index contributed by atoms with van der Waals surface area (Å²) in [5, 5.41) is 9.17. The lowest BCUT2D eigenvalue weighted by atomic mass is 9.76. The van der Waals surface area contributed by atoms with E-state index in [1.165, 1.54) is 24.3 Å². The highest BCUT2D eigenvalue weighted by atomic mass is 32.2. The quantitative estimate of drug-likeness (QED) is 0.0711. The van der Waals surface area contributed by atoms with Crippen LogP contribution in [0.2, 0.25) is 0 Å². The topological polar surface area (TPSA) is 201 Å². The molecule has 17 heteroatoms. The summed E-state index contributed by atoms with van der Waals surface area (Å²) in [6.45, 7) is 12.7. The standard InChI is InChI=1S/C41H58N2O13S2/c1-6-42-35-16-14-31(57(46,47)48)29-33(35)40(2,3)37(42)11-10-12-38-41(4,18-20-53-23-24-55-27-28-56-26-25-54-22-21-52-5)34-30-32(58(49,50)51)15-17-36(34)43(38)19-9-7-8-13-39(44)45/h10-12,14-17,29-30H,6-9,13,18-28H2,1-5H3,(H2-,44,45,46,47,48,49,50,51). The lowest BCUT2D eigenvalue weighted by Crippen LogP contribution is -2.33. The van der Waals surface area contributed by atoms with Gasteiger partial charge in [0, 0.05) is 67.6 Å². The number of ether oxygens (including phenoxy) is 5. The highest BCUT2D eigenvalue weighted by molar-refractivity contribution is 7.86. The summed E-state index contributed by atoms with van der Waals surface area (Å²) in [6, 6.07) is 9.01. The summed E-state index contributed by atoms with van der Waals surface area (Å²) in [5.74, 6) is -0.859. The molecule has 1 unspecified atom stereocenters. The minimum absolute atomic E-state index is 0.0583. The summed E-state index contributed by atoms with van der Waals surface area (Å²) in [4.78, 5) is 12.7. The van der Waals surface area contributed by atoms with Crippen LogP contribution in [0.15, 0.2) is 70.1 Å². The molecule has 0 radical (unpaired) electrons. The number of unbranched alkanes of at least 4 members (excludes halogenated alkanes) is 2. The van der Waals surface area contributed by atoms with Crippen molar-refractivity contribution < 1.29 is 64.1 Å². The summed E-state index contributed by atoms with van der Waals surface area (Å²) in [7, 11) is -7.57. The molecule has 4 rings (SSSR count). The molecule has 2 aliphatic rings. The number of allylic oxidation sites excluding steroid dienone is 4. The summed E-state index contributed by atoms with van der Waals surface area (Å²) in [5.41, 5.74) is 3.28. The van der Waals surface area contributed by atoms with Gasteiger partial charge in [0.25, 0.3) is 10.1 Å². The van der Waals surface area contributed by atoms with Gasteiger partial charge in [-0.2, -0.15) is 13.0 Å². The fourth-order valence-corrected chi connectivity index (χ4v) is 8.48. The first-order chi connectivity index (χ1) is 27.5. The van der Waals surface area contributed by atoms with Crippen LogP contribution in [-0.4, -0.2) is 127 Å². The van der Waals surface area contributed by atoms with Gasteiger partial charge in [-0.05, 0) is 75.1 Å². The maximum absolute atomic E-state index is 12.4. The van der Waals surface area contributed by atoms with E-state index >= 15 is 0 Å². The van der Waals surface area contributed by atoms with Gasteiger partial charge in [-0.25, -0.2) is 8.42 Å². The van der Waals surface area contributed by atoms with E-state index in [1.54, 1.807) is 19.2 Å². The third-order valence-electron chi connectivity index (χ3n) is 10.6. The highest BCUT2D eigenvalue weighted by Gasteiger charge is 2.48. The number of benzene rings is 2. The van der Waals surface area contributed by atoms with Crippen LogP contribution < -0.4 is 4.90 Å². The van der Waals surface area contributed by atoms with E-state index in [0.717, 1.165) is 28.3 Å². The molecule has 2 aromatic carbocycles. The first-order valence-corrected chi connectivity index (χ1v) is 22.4. The van der Waals surface area contributed by atoms with E-state index in [0.29, 0.717) is 104 Å². The maximum atomic E-state index is 12.4. The minimum atomic E-state index is -4.66. The molecule has 322 valence electrons. The first-order valence-electron chi connectivity index (χ1n) is 19.5. The number of carboxylic acid groups (broad SMARTS) is 1. The molecule has 2 heterocycles. The molecule has 2 N–H and O–H groups in total. The number of aliphatic carboxylic acids is 1. The van der Waals surface area contributed by atoms with E-state index in [1.807, 2.05) is 45.9 Å². The Labute approximate surface area is 342 Å². The monoisotopic (exact) mass is 850 g/mol. The Morgan fingerprint density at radius 2 is 1.41 bits per heavy atom. The van der Waals surface area contributed by atoms with Gasteiger partial charge < -0.3 is 38.2 Å². The molecule has 2 aliphatic heterocycles. The molecular formula is C41H58N2O13S2. The van der Waals surface area contributed by atoms with Crippen LogP contribution in [0.25, 0.3) is 0 Å². The summed E-state index contributed by atoms with van der Waals surface area (Å²) in [6.07, 6.45) is 8.19. The van der Waals surface area contributed by atoms with Crippen molar-refractivity contribution in [2.45, 2.75) is 80.4 Å². The van der Waals surface area contributed by atoms with E-state index in [2.05, 4.69) is 9.48 Å². The Bertz CT molecular complexity index is 2050. The van der Waals surface area contributed by atoms with Gasteiger partial charge in [0.2, 0.25) is 5.69 Å². The number of fused-ring (bicyclic) bond motifs is 2. The molecule has 2 aromatic rings. The molecule has 0 saturated heterocycles. The molecule has 0 fully saturated rings. The Balaban J connectivity index is 1.59. The van der Waals surface area contributed by atoms with Gasteiger partial charge in [-0.1, -0.05) is 19.9 Å². The molecule has 0 aromatic heterocycles. The Hall–Kier alpha value is -3.52. The second-order valence-corrected chi connectivity index (χ2v) is 17.6. The highest BCUT2D eigenvalue weighted by Crippen LogP contribution is 2.49. The largest absolute Gasteiger partial charge is 0.744 e. The fraction of sp³-hybridized carbons (Fsp3) is 0.561. The summed E-state index contributed by atoms with van der Waals surface area (Å²) >= 11 is 0. The Kier molecular flexibility index (Phi) is 17.2. The van der Waals surface area contributed by atoms with E-state index in [-0.39, 0.29) is 16.2 Å². The van der Waals surface area contributed by atoms with Crippen LogP contribution in [-0.2, 0) is 59.5 Å². The van der Waals surface area contributed by atoms with Crippen LogP contribution in [0.3, 0.4) is 0 Å². The van der Waals surface area contributed by atoms with Crippen molar-refractivity contribution in [3.8, 4) is 0 Å². The number of anilines is 1. The van der Waals surface area contributed by atoms with Crippen molar-refractivity contribution in [1.82, 2.24) is 0 Å². The Morgan fingerprint density at radius 3 is 1.98 bits per heavy atom. The van der Waals surface area contributed by atoms with Gasteiger partial charge in [0.15, 0.2) is 5.71 Å². The van der Waals surface area contributed by atoms with Crippen LogP contribution in [0.4, 0.5) is 11.4 Å². The number of carboxylic acids is 1. The number of methoxy groups -OCH3 is 1. The zero-order chi connectivity index (χ0) is 42.6. The molecule has 0 spiro atoms. The van der Waals surface area contributed by atoms with Crippen molar-refractivity contribution in [1.29, 1.82) is 0 Å². The molecule has 15 nitrogen and oxygen atoms in total. The molecule has 0 bridgehead atoms. The number of hydrogen-bond donors (Lipinski definition) is 2. The average Bonchev–Trinajstić information content (AvgIpc) is 3.52. The van der Waals surface area contributed by atoms with Gasteiger partial charge in [0.1, 0.15) is 16.7 Å². The smallest absolute Gasteiger partial charge is 0.303 e. The van der Waals surface area contributed by atoms with Gasteiger partial charge in [-0.3, -0.25) is 9.35 Å². The average molecular weight is 851 g/mol. The first kappa shape index (κ1) is 47.2. The number of nitrogens with zero attached hydrogens (tertiary/aromatic N) is 2. The zero-order valence-electron chi connectivity index (χ0n) is 34.1. The SMILES string of the molecule is CCN1/C(=C/C=C/C2=[N+](CCCCCC(=O)O)c3ccc(S(=O)(=O)O)cc3C2(C)CCOCCOCCOCCOCCOC)C(C)(C)c2cc(S(=O)(=O)[O-])ccc21. The minimum Gasteiger partial charge on any atom is -0.744 e. The second kappa shape index (κ2) is 21.1. The van der Waals surface area contributed by atoms with Crippen molar-refractivity contribution in [3.63, 3.8) is 0 Å². The van der Waals surface area contributed by atoms with Crippen molar-refractivity contribution in [3.05, 3.63) is 71.5 Å². The number of likely N-dealkylation sites (N-methyl/N-ethyl adjacent to an activating group) is 1. The van der Waals surface area contributed by atoms with E-state index in [9.17, 15) is 35.8 Å². The van der Waals surface area contributed by atoms with Crippen LogP contribution in [0.1, 0.15) is 70.9 Å². The number of rotatable bonds is 26. The third kappa shape index (κ3) is 12.0. The van der Waals surface area contributed by atoms with Gasteiger partial charge in [-0.15, -0.1) is 0 Å². The predicted octanol–water partition coefficient (Wildman–Crippen LogP) is 5.20. The summed E-state index contributed by atoms with van der Waals surface area (Å²) < 4.78 is 100. The van der Waals surface area contributed by atoms with Crippen LogP contribution >= 0.6 is 0 Å². The lowest BCUT2D eigenvalue weighted by Gasteiger charge is -2.26. The molecule has 0 amide bonds. The maximum Gasteiger partial charge on any atom is 0.303 e. The van der Waals surface area contributed by atoms with Gasteiger partial charge in [0.05, 0.1) is 68.1 Å². The molecule has 1 atom stereocenters. The number of carbonyl (C=O) groups is 1. The number of hydrogen-bond acceptors (Lipinski definition) is 12. The third-order valence-corrected chi connectivity index (χ3v) is 12.2. The molecule has 0 aliphatic carbocycles. The van der Waals surface area contributed by atoms with Crippen LogP contribution in [0.5, 0.6) is 0 Å². The predicted molar refractivity (Wildman–Crippen MR) is 217 cm³/mol. The van der Waals surface area contributed by atoms with Gasteiger partial charge >= 0.3 is 5.97 Å².